The summed E-state index contributed by atoms with van der Waals surface area (Å²) < 4.78 is 14.6. The van der Waals surface area contributed by atoms with Crippen LogP contribution in [0.3, 0.4) is 0 Å². The van der Waals surface area contributed by atoms with Gasteiger partial charge in [-0.25, -0.2) is 9.59 Å². The summed E-state index contributed by atoms with van der Waals surface area (Å²) in [5.74, 6) is 0.393. The number of hydrogen-bond acceptors (Lipinski definition) is 7. The molecule has 2 aliphatic rings. The number of alkyl carbamates (subject to hydrolysis) is 1. The van der Waals surface area contributed by atoms with Gasteiger partial charge in [-0.05, 0) is 71.6 Å². The molecule has 8 heteroatoms. The third-order valence-corrected chi connectivity index (χ3v) is 5.54. The van der Waals surface area contributed by atoms with E-state index in [0.29, 0.717) is 44.4 Å². The first kappa shape index (κ1) is 30.5. The highest BCUT2D eigenvalue weighted by molar-refractivity contribution is 5.67. The Bertz CT molecular complexity index is 490. The van der Waals surface area contributed by atoms with Crippen molar-refractivity contribution in [1.29, 1.82) is 0 Å². The summed E-state index contributed by atoms with van der Waals surface area (Å²) in [6.07, 6.45) is 4.96. The fourth-order valence-corrected chi connectivity index (χ4v) is 3.82. The van der Waals surface area contributed by atoms with Crippen molar-refractivity contribution in [3.05, 3.63) is 0 Å². The largest absolute Gasteiger partial charge is 0.508 e. The van der Waals surface area contributed by atoms with Crippen LogP contribution < -0.4 is 5.32 Å². The molecule has 0 radical (unpaired) electrons. The van der Waals surface area contributed by atoms with Crippen molar-refractivity contribution in [1.82, 2.24) is 15.1 Å². The van der Waals surface area contributed by atoms with E-state index in [9.17, 15) is 9.59 Å². The average Bonchev–Trinajstić information content (AvgIpc) is 3.41. The molecule has 0 aromatic carbocycles. The normalized spacial score (nSPS) is 20.6. The van der Waals surface area contributed by atoms with Crippen LogP contribution in [0, 0.1) is 5.92 Å². The summed E-state index contributed by atoms with van der Waals surface area (Å²) in [6, 6.07) is 1.07. The smallest absolute Gasteiger partial charge is 0.449 e. The van der Waals surface area contributed by atoms with Crippen LogP contribution in [0.25, 0.3) is 0 Å². The minimum absolute atomic E-state index is 0.281. The number of hydrogen-bond donors (Lipinski definition) is 1. The van der Waals surface area contributed by atoms with Gasteiger partial charge >= 0.3 is 12.2 Å². The molecule has 2 atom stereocenters. The molecule has 0 aromatic rings. The van der Waals surface area contributed by atoms with E-state index in [4.69, 9.17) is 9.47 Å². The Morgan fingerprint density at radius 1 is 1.00 bits per heavy atom. The molecule has 32 heavy (non-hydrogen) atoms. The van der Waals surface area contributed by atoms with Gasteiger partial charge < -0.3 is 24.4 Å². The molecular formula is C24H49N3O5. The maximum absolute atomic E-state index is 11.3. The summed E-state index contributed by atoms with van der Waals surface area (Å²) in [5, 5.41) is 2.84. The van der Waals surface area contributed by atoms with Gasteiger partial charge in [0, 0.05) is 18.6 Å². The topological polar surface area (TPSA) is 80.3 Å². The first-order valence-corrected chi connectivity index (χ1v) is 12.5. The van der Waals surface area contributed by atoms with Crippen LogP contribution in [0.1, 0.15) is 73.6 Å². The fourth-order valence-electron chi connectivity index (χ4n) is 3.82. The van der Waals surface area contributed by atoms with Crippen LogP contribution in [0.5, 0.6) is 0 Å². The maximum atomic E-state index is 11.3. The number of nitrogens with one attached hydrogen (secondary N) is 1. The van der Waals surface area contributed by atoms with Gasteiger partial charge in [-0.1, -0.05) is 34.6 Å². The van der Waals surface area contributed by atoms with Gasteiger partial charge in [0.25, 0.3) is 0 Å². The van der Waals surface area contributed by atoms with Crippen LogP contribution in [0.4, 0.5) is 9.59 Å². The lowest BCUT2D eigenvalue weighted by Crippen LogP contribution is -2.40. The van der Waals surface area contributed by atoms with E-state index >= 15 is 0 Å². The summed E-state index contributed by atoms with van der Waals surface area (Å²) in [7, 11) is 2.11. The minimum Gasteiger partial charge on any atom is -0.449 e. The third-order valence-electron chi connectivity index (χ3n) is 5.54. The zero-order valence-corrected chi connectivity index (χ0v) is 21.7. The number of ether oxygens (including phenoxy) is 3. The molecule has 190 valence electrons. The van der Waals surface area contributed by atoms with Crippen molar-refractivity contribution in [3.8, 4) is 0 Å². The zero-order chi connectivity index (χ0) is 24.4. The van der Waals surface area contributed by atoms with Crippen LogP contribution in [-0.2, 0) is 14.2 Å². The van der Waals surface area contributed by atoms with Crippen molar-refractivity contribution < 1.29 is 23.8 Å². The molecule has 1 N–H and O–H groups in total. The number of likely N-dealkylation sites (N-methyl/N-ethyl adjacent to an activating group) is 1. The number of rotatable bonds is 9. The SMILES string of the molecule is CC.CCN1CCCC1CNC(=O)OCC(C)C.CCOC(=O)OCCC1CCCN1C. The van der Waals surface area contributed by atoms with Gasteiger partial charge in [-0.15, -0.1) is 0 Å². The van der Waals surface area contributed by atoms with Gasteiger partial charge in [-0.3, -0.25) is 4.90 Å². The number of likely N-dealkylation sites (tertiary alicyclic amines) is 2. The standard InChI is InChI=1S/C12H24N2O2.C10H19NO3.C2H6/c1-4-14-7-5-6-11(14)8-13-12(15)16-9-10(2)3;1-3-13-10(12)14-8-6-9-5-4-7-11(9)2;1-2/h10-11H,4-9H2,1-3H3,(H,13,15);9H,3-8H2,1-2H3;1-2H3. The van der Waals surface area contributed by atoms with Crippen molar-refractivity contribution in [2.45, 2.75) is 85.7 Å². The van der Waals surface area contributed by atoms with Crippen LogP contribution >= 0.6 is 0 Å². The van der Waals surface area contributed by atoms with Gasteiger partial charge in [-0.2, -0.15) is 0 Å². The quantitative estimate of drug-likeness (QED) is 0.508. The molecule has 2 rings (SSSR count). The van der Waals surface area contributed by atoms with Crippen LogP contribution in [0.15, 0.2) is 0 Å². The van der Waals surface area contributed by atoms with E-state index in [1.54, 1.807) is 6.92 Å². The van der Waals surface area contributed by atoms with Crippen molar-refractivity contribution in [2.24, 2.45) is 5.92 Å². The van der Waals surface area contributed by atoms with E-state index < -0.39 is 6.16 Å². The number of nitrogens with zero attached hydrogens (tertiary/aromatic N) is 2. The Hall–Kier alpha value is -1.54. The summed E-state index contributed by atoms with van der Waals surface area (Å²) in [6.45, 7) is 17.4. The van der Waals surface area contributed by atoms with Gasteiger partial charge in [0.15, 0.2) is 0 Å². The number of carbonyl (C=O) groups excluding carboxylic acids is 2. The van der Waals surface area contributed by atoms with E-state index in [2.05, 4.69) is 33.8 Å². The Kier molecular flexibility index (Phi) is 18.1. The molecule has 2 unspecified atom stereocenters. The zero-order valence-electron chi connectivity index (χ0n) is 21.7. The fraction of sp³-hybridized carbons (Fsp3) is 0.917. The number of carbonyl (C=O) groups is 2. The molecule has 0 saturated carbocycles. The minimum atomic E-state index is -0.548. The lowest BCUT2D eigenvalue weighted by Gasteiger charge is -2.22. The monoisotopic (exact) mass is 459 g/mol. The lowest BCUT2D eigenvalue weighted by molar-refractivity contribution is 0.0539. The Balaban J connectivity index is 0.000000561. The molecule has 0 spiro atoms. The third kappa shape index (κ3) is 13.8. The molecule has 8 nitrogen and oxygen atoms in total. The maximum Gasteiger partial charge on any atom is 0.508 e. The molecule has 2 saturated heterocycles. The van der Waals surface area contributed by atoms with Crippen LogP contribution in [0.2, 0.25) is 0 Å². The Morgan fingerprint density at radius 3 is 2.22 bits per heavy atom. The molecule has 2 heterocycles. The second kappa shape index (κ2) is 19.0. The highest BCUT2D eigenvalue weighted by Crippen LogP contribution is 2.17. The first-order valence-electron chi connectivity index (χ1n) is 12.5. The summed E-state index contributed by atoms with van der Waals surface area (Å²) >= 11 is 0. The predicted molar refractivity (Wildman–Crippen MR) is 129 cm³/mol. The molecular weight excluding hydrogens is 410 g/mol. The lowest BCUT2D eigenvalue weighted by atomic mass is 10.2. The second-order valence-electron chi connectivity index (χ2n) is 8.39. The van der Waals surface area contributed by atoms with Gasteiger partial charge in [0.1, 0.15) is 0 Å². The summed E-state index contributed by atoms with van der Waals surface area (Å²) in [5.41, 5.74) is 0. The highest BCUT2D eigenvalue weighted by Gasteiger charge is 2.23. The van der Waals surface area contributed by atoms with E-state index in [-0.39, 0.29) is 6.09 Å². The average molecular weight is 460 g/mol. The van der Waals surface area contributed by atoms with Gasteiger partial charge in [0.05, 0.1) is 19.8 Å². The van der Waals surface area contributed by atoms with Gasteiger partial charge in [0.2, 0.25) is 0 Å². The van der Waals surface area contributed by atoms with Crippen molar-refractivity contribution in [3.63, 3.8) is 0 Å². The molecule has 2 aliphatic heterocycles. The number of amides is 1. The molecule has 2 fully saturated rings. The second-order valence-corrected chi connectivity index (χ2v) is 8.39. The molecule has 0 aliphatic carbocycles. The Morgan fingerprint density at radius 2 is 1.66 bits per heavy atom. The molecule has 1 amide bonds. The van der Waals surface area contributed by atoms with Crippen molar-refractivity contribution >= 4 is 12.2 Å². The van der Waals surface area contributed by atoms with E-state index in [1.165, 1.54) is 25.7 Å². The summed E-state index contributed by atoms with van der Waals surface area (Å²) in [4.78, 5) is 26.9. The van der Waals surface area contributed by atoms with Crippen molar-refractivity contribution in [2.75, 3.05) is 53.0 Å². The van der Waals surface area contributed by atoms with Crippen LogP contribution in [-0.4, -0.2) is 87.2 Å². The first-order chi connectivity index (χ1) is 15.4. The highest BCUT2D eigenvalue weighted by atomic mass is 16.7. The molecule has 0 bridgehead atoms. The van der Waals surface area contributed by atoms with E-state index in [0.717, 1.165) is 26.1 Å². The molecule has 0 aromatic heterocycles. The van der Waals surface area contributed by atoms with E-state index in [1.807, 2.05) is 27.7 Å². The Labute approximate surface area is 196 Å². The predicted octanol–water partition coefficient (Wildman–Crippen LogP) is 4.52.